The predicted octanol–water partition coefficient (Wildman–Crippen LogP) is 1.29. The number of hydrogen-bond donors (Lipinski definition) is 2. The SMILES string of the molecule is CCNC(=S)NN=Cc1ccc(C(=O)OC)cc1. The van der Waals surface area contributed by atoms with Gasteiger partial charge in [-0.2, -0.15) is 5.10 Å². The molecule has 0 aliphatic rings. The highest BCUT2D eigenvalue weighted by atomic mass is 32.1. The molecular weight excluding hydrogens is 250 g/mol. The second kappa shape index (κ2) is 7.39. The Morgan fingerprint density at radius 3 is 2.67 bits per heavy atom. The summed E-state index contributed by atoms with van der Waals surface area (Å²) in [6, 6.07) is 6.90. The minimum Gasteiger partial charge on any atom is -0.465 e. The third kappa shape index (κ3) is 4.50. The molecule has 0 aliphatic heterocycles. The molecule has 1 aromatic carbocycles. The minimum absolute atomic E-state index is 0.357. The quantitative estimate of drug-likeness (QED) is 0.372. The van der Waals surface area contributed by atoms with Crippen molar-refractivity contribution in [2.24, 2.45) is 5.10 Å². The fourth-order valence-electron chi connectivity index (χ4n) is 1.19. The number of carbonyl (C=O) groups excluding carboxylic acids is 1. The summed E-state index contributed by atoms with van der Waals surface area (Å²) in [4.78, 5) is 11.2. The summed E-state index contributed by atoms with van der Waals surface area (Å²) in [6.45, 7) is 2.69. The Labute approximate surface area is 111 Å². The Balaban J connectivity index is 2.56. The maximum atomic E-state index is 11.2. The van der Waals surface area contributed by atoms with Crippen molar-refractivity contribution < 1.29 is 9.53 Å². The molecule has 1 rings (SSSR count). The molecule has 18 heavy (non-hydrogen) atoms. The van der Waals surface area contributed by atoms with Gasteiger partial charge in [-0.15, -0.1) is 0 Å². The lowest BCUT2D eigenvalue weighted by Gasteiger charge is -2.02. The monoisotopic (exact) mass is 265 g/mol. The first-order valence-corrected chi connectivity index (χ1v) is 5.83. The molecule has 2 N–H and O–H groups in total. The van der Waals surface area contributed by atoms with Gasteiger partial charge in [0.1, 0.15) is 0 Å². The zero-order chi connectivity index (χ0) is 13.4. The highest BCUT2D eigenvalue weighted by Gasteiger charge is 2.03. The van der Waals surface area contributed by atoms with Gasteiger partial charge in [0.15, 0.2) is 5.11 Å². The second-order valence-electron chi connectivity index (χ2n) is 3.34. The molecule has 0 spiro atoms. The van der Waals surface area contributed by atoms with Crippen LogP contribution in [0.4, 0.5) is 0 Å². The molecule has 6 heteroatoms. The minimum atomic E-state index is -0.357. The van der Waals surface area contributed by atoms with E-state index in [1.54, 1.807) is 30.5 Å². The van der Waals surface area contributed by atoms with Gasteiger partial charge in [-0.1, -0.05) is 12.1 Å². The first-order chi connectivity index (χ1) is 8.67. The Kier molecular flexibility index (Phi) is 5.79. The Bertz CT molecular complexity index is 443. The number of nitrogens with zero attached hydrogens (tertiary/aromatic N) is 1. The van der Waals surface area contributed by atoms with Crippen molar-refractivity contribution in [3.63, 3.8) is 0 Å². The standard InChI is InChI=1S/C12H15N3O2S/c1-3-13-12(18)15-14-8-9-4-6-10(7-5-9)11(16)17-2/h4-8H,3H2,1-2H3,(H2,13,15,18). The van der Waals surface area contributed by atoms with Crippen molar-refractivity contribution in [2.45, 2.75) is 6.92 Å². The van der Waals surface area contributed by atoms with Crippen molar-refractivity contribution in [3.05, 3.63) is 35.4 Å². The van der Waals surface area contributed by atoms with Gasteiger partial charge in [-0.3, -0.25) is 5.43 Å². The van der Waals surface area contributed by atoms with Crippen LogP contribution in [0.3, 0.4) is 0 Å². The highest BCUT2D eigenvalue weighted by molar-refractivity contribution is 7.80. The van der Waals surface area contributed by atoms with Crippen LogP contribution in [0.25, 0.3) is 0 Å². The maximum Gasteiger partial charge on any atom is 0.337 e. The van der Waals surface area contributed by atoms with Crippen LogP contribution in [0, 0.1) is 0 Å². The highest BCUT2D eigenvalue weighted by Crippen LogP contribution is 2.03. The molecule has 0 saturated heterocycles. The van der Waals surface area contributed by atoms with Crippen LogP contribution in [-0.2, 0) is 4.74 Å². The molecule has 96 valence electrons. The number of rotatable bonds is 4. The Morgan fingerprint density at radius 2 is 2.11 bits per heavy atom. The molecular formula is C12H15N3O2S. The van der Waals surface area contributed by atoms with E-state index in [-0.39, 0.29) is 5.97 Å². The van der Waals surface area contributed by atoms with Crippen LogP contribution in [0.5, 0.6) is 0 Å². The van der Waals surface area contributed by atoms with E-state index in [0.29, 0.717) is 10.7 Å². The van der Waals surface area contributed by atoms with Crippen LogP contribution in [0.1, 0.15) is 22.8 Å². The normalized spacial score (nSPS) is 10.1. The van der Waals surface area contributed by atoms with Gasteiger partial charge in [0.2, 0.25) is 0 Å². The van der Waals surface area contributed by atoms with Gasteiger partial charge in [-0.25, -0.2) is 4.79 Å². The number of esters is 1. The number of thiocarbonyl (C=S) groups is 1. The maximum absolute atomic E-state index is 11.2. The first-order valence-electron chi connectivity index (χ1n) is 5.42. The van der Waals surface area contributed by atoms with Gasteiger partial charge in [0.25, 0.3) is 0 Å². The molecule has 0 aromatic heterocycles. The lowest BCUT2D eigenvalue weighted by molar-refractivity contribution is 0.0601. The molecule has 0 radical (unpaired) electrons. The Hall–Kier alpha value is -1.95. The number of carbonyl (C=O) groups is 1. The van der Waals surface area contributed by atoms with E-state index < -0.39 is 0 Å². The smallest absolute Gasteiger partial charge is 0.337 e. The van der Waals surface area contributed by atoms with Gasteiger partial charge in [0, 0.05) is 6.54 Å². The molecule has 0 aliphatic carbocycles. The largest absolute Gasteiger partial charge is 0.465 e. The number of methoxy groups -OCH3 is 1. The van der Waals surface area contributed by atoms with Gasteiger partial charge < -0.3 is 10.1 Å². The second-order valence-corrected chi connectivity index (χ2v) is 3.75. The molecule has 5 nitrogen and oxygen atoms in total. The van der Waals surface area contributed by atoms with E-state index in [0.717, 1.165) is 12.1 Å². The summed E-state index contributed by atoms with van der Waals surface area (Å²) < 4.78 is 4.61. The topological polar surface area (TPSA) is 62.7 Å². The number of nitrogens with one attached hydrogen (secondary N) is 2. The van der Waals surface area contributed by atoms with E-state index in [1.165, 1.54) is 7.11 Å². The summed E-state index contributed by atoms with van der Waals surface area (Å²) in [6.07, 6.45) is 1.62. The van der Waals surface area contributed by atoms with E-state index >= 15 is 0 Å². The average molecular weight is 265 g/mol. The van der Waals surface area contributed by atoms with Crippen LogP contribution >= 0.6 is 12.2 Å². The molecule has 0 amide bonds. The molecule has 0 heterocycles. The number of hydrogen-bond acceptors (Lipinski definition) is 4. The summed E-state index contributed by atoms with van der Waals surface area (Å²) >= 11 is 4.94. The van der Waals surface area contributed by atoms with Gasteiger partial charge in [-0.05, 0) is 36.8 Å². The first kappa shape index (κ1) is 14.1. The third-order valence-corrected chi connectivity index (χ3v) is 2.28. The average Bonchev–Trinajstić information content (AvgIpc) is 2.39. The van der Waals surface area contributed by atoms with E-state index in [9.17, 15) is 4.79 Å². The third-order valence-electron chi connectivity index (χ3n) is 2.05. The van der Waals surface area contributed by atoms with Crippen molar-refractivity contribution in [1.29, 1.82) is 0 Å². The van der Waals surface area contributed by atoms with E-state index in [4.69, 9.17) is 12.2 Å². The molecule has 0 atom stereocenters. The zero-order valence-corrected chi connectivity index (χ0v) is 11.1. The van der Waals surface area contributed by atoms with Crippen molar-refractivity contribution in [1.82, 2.24) is 10.7 Å². The predicted molar refractivity (Wildman–Crippen MR) is 74.8 cm³/mol. The molecule has 0 unspecified atom stereocenters. The van der Waals surface area contributed by atoms with E-state index in [2.05, 4.69) is 20.6 Å². The fraction of sp³-hybridized carbons (Fsp3) is 0.250. The van der Waals surface area contributed by atoms with Gasteiger partial charge >= 0.3 is 5.97 Å². The zero-order valence-electron chi connectivity index (χ0n) is 10.3. The summed E-state index contributed by atoms with van der Waals surface area (Å²) in [5, 5.41) is 7.34. The van der Waals surface area contributed by atoms with Crippen molar-refractivity contribution in [3.8, 4) is 0 Å². The number of benzene rings is 1. The summed E-state index contributed by atoms with van der Waals surface area (Å²) in [5.41, 5.74) is 4.04. The van der Waals surface area contributed by atoms with Crippen molar-refractivity contribution in [2.75, 3.05) is 13.7 Å². The summed E-state index contributed by atoms with van der Waals surface area (Å²) in [5.74, 6) is -0.357. The fourth-order valence-corrected chi connectivity index (χ4v) is 1.39. The number of hydrazone groups is 1. The summed E-state index contributed by atoms with van der Waals surface area (Å²) in [7, 11) is 1.35. The molecule has 1 aromatic rings. The van der Waals surface area contributed by atoms with Crippen LogP contribution in [-0.4, -0.2) is 31.0 Å². The molecule has 0 saturated carbocycles. The molecule has 0 fully saturated rings. The lowest BCUT2D eigenvalue weighted by Crippen LogP contribution is -2.31. The van der Waals surface area contributed by atoms with Gasteiger partial charge in [0.05, 0.1) is 18.9 Å². The molecule has 0 bridgehead atoms. The lowest BCUT2D eigenvalue weighted by atomic mass is 10.1. The van der Waals surface area contributed by atoms with Crippen LogP contribution in [0.2, 0.25) is 0 Å². The Morgan fingerprint density at radius 1 is 1.44 bits per heavy atom. The van der Waals surface area contributed by atoms with Crippen LogP contribution in [0.15, 0.2) is 29.4 Å². The van der Waals surface area contributed by atoms with Crippen molar-refractivity contribution >= 4 is 29.5 Å². The number of ether oxygens (including phenoxy) is 1. The van der Waals surface area contributed by atoms with Crippen LogP contribution < -0.4 is 10.7 Å². The van der Waals surface area contributed by atoms with E-state index in [1.807, 2.05) is 6.92 Å².